The van der Waals surface area contributed by atoms with Crippen molar-refractivity contribution in [2.45, 2.75) is 19.8 Å². The number of ether oxygens (including phenoxy) is 1. The van der Waals surface area contributed by atoms with Crippen molar-refractivity contribution >= 4 is 17.6 Å². The van der Waals surface area contributed by atoms with Crippen LogP contribution in [0.2, 0.25) is 5.02 Å². The van der Waals surface area contributed by atoms with Gasteiger partial charge in [-0.05, 0) is 6.92 Å². The monoisotopic (exact) mass is 274 g/mol. The molecule has 7 heteroatoms. The van der Waals surface area contributed by atoms with Gasteiger partial charge in [0.25, 0.3) is 6.43 Å². The van der Waals surface area contributed by atoms with Gasteiger partial charge in [0.15, 0.2) is 0 Å². The molecule has 0 aliphatic carbocycles. The van der Waals surface area contributed by atoms with E-state index in [1.807, 2.05) is 0 Å². The summed E-state index contributed by atoms with van der Waals surface area (Å²) in [7, 11) is 0. The molecule has 0 radical (unpaired) electrons. The Kier molecular flexibility index (Phi) is 4.98. The fraction of sp³-hybridized carbons (Fsp3) is 0.364. The number of esters is 1. The minimum atomic E-state index is -2.93. The fourth-order valence-corrected chi connectivity index (χ4v) is 1.57. The van der Waals surface area contributed by atoms with Crippen LogP contribution in [0.4, 0.5) is 8.78 Å². The Balaban J connectivity index is 3.20. The zero-order valence-corrected chi connectivity index (χ0v) is 10.2. The number of hydrogen-bond donors (Lipinski definition) is 0. The number of nitrogens with zero attached hydrogens (tertiary/aromatic N) is 2. The molecule has 1 rings (SSSR count). The summed E-state index contributed by atoms with van der Waals surface area (Å²) in [6.45, 7) is 1.74. The fourth-order valence-electron chi connectivity index (χ4n) is 1.38. The summed E-state index contributed by atoms with van der Waals surface area (Å²) < 4.78 is 30.4. The van der Waals surface area contributed by atoms with Crippen molar-refractivity contribution in [1.82, 2.24) is 4.98 Å². The molecule has 0 aliphatic heterocycles. The van der Waals surface area contributed by atoms with Gasteiger partial charge in [-0.15, -0.1) is 0 Å². The van der Waals surface area contributed by atoms with Crippen LogP contribution < -0.4 is 0 Å². The third kappa shape index (κ3) is 3.14. The molecule has 0 unspecified atom stereocenters. The van der Waals surface area contributed by atoms with Crippen LogP contribution in [-0.4, -0.2) is 17.6 Å². The molecule has 1 heterocycles. The Bertz CT molecular complexity index is 501. The van der Waals surface area contributed by atoms with Crippen LogP contribution in [0.3, 0.4) is 0 Å². The van der Waals surface area contributed by atoms with Crippen LogP contribution in [0.25, 0.3) is 0 Å². The second-order valence-electron chi connectivity index (χ2n) is 3.24. The smallest absolute Gasteiger partial charge is 0.311 e. The quantitative estimate of drug-likeness (QED) is 0.792. The molecule has 1 aromatic rings. The number of halogens is 3. The van der Waals surface area contributed by atoms with Crippen molar-refractivity contribution < 1.29 is 18.3 Å². The van der Waals surface area contributed by atoms with Crippen molar-refractivity contribution in [3.05, 3.63) is 28.0 Å². The zero-order chi connectivity index (χ0) is 13.7. The second kappa shape index (κ2) is 6.26. The lowest BCUT2D eigenvalue weighted by Crippen LogP contribution is -2.12. The first-order valence-corrected chi connectivity index (χ1v) is 5.40. The molecule has 18 heavy (non-hydrogen) atoms. The average Bonchev–Trinajstić information content (AvgIpc) is 2.30. The van der Waals surface area contributed by atoms with Gasteiger partial charge in [0.1, 0.15) is 6.07 Å². The highest BCUT2D eigenvalue weighted by Crippen LogP contribution is 2.30. The summed E-state index contributed by atoms with van der Waals surface area (Å²) in [6.07, 6.45) is -2.28. The first kappa shape index (κ1) is 14.3. The maximum atomic E-state index is 12.9. The molecule has 0 aliphatic rings. The van der Waals surface area contributed by atoms with Crippen molar-refractivity contribution in [3.8, 4) is 6.07 Å². The van der Waals surface area contributed by atoms with Crippen LogP contribution in [0.15, 0.2) is 6.20 Å². The number of pyridine rings is 1. The highest BCUT2D eigenvalue weighted by molar-refractivity contribution is 6.31. The van der Waals surface area contributed by atoms with Crippen molar-refractivity contribution in [3.63, 3.8) is 0 Å². The molecule has 1 aromatic heterocycles. The maximum absolute atomic E-state index is 12.9. The normalized spacial score (nSPS) is 10.2. The van der Waals surface area contributed by atoms with Gasteiger partial charge in [-0.25, -0.2) is 8.78 Å². The highest BCUT2D eigenvalue weighted by atomic mass is 35.5. The summed E-state index contributed by atoms with van der Waals surface area (Å²) in [5, 5.41) is 8.63. The van der Waals surface area contributed by atoms with E-state index < -0.39 is 24.4 Å². The van der Waals surface area contributed by atoms with E-state index in [2.05, 4.69) is 9.72 Å². The molecule has 0 saturated heterocycles. The Morgan fingerprint density at radius 3 is 2.83 bits per heavy atom. The number of hydrogen-bond acceptors (Lipinski definition) is 4. The number of carbonyl (C=O) groups excluding carboxylic acids is 1. The van der Waals surface area contributed by atoms with Crippen LogP contribution >= 0.6 is 11.6 Å². The molecule has 0 amide bonds. The van der Waals surface area contributed by atoms with Crippen LogP contribution in [-0.2, 0) is 16.0 Å². The maximum Gasteiger partial charge on any atom is 0.311 e. The molecule has 96 valence electrons. The van der Waals surface area contributed by atoms with Gasteiger partial charge in [0.2, 0.25) is 0 Å². The van der Waals surface area contributed by atoms with Gasteiger partial charge in [-0.1, -0.05) is 11.6 Å². The van der Waals surface area contributed by atoms with Gasteiger partial charge in [-0.2, -0.15) is 5.26 Å². The van der Waals surface area contributed by atoms with Gasteiger partial charge >= 0.3 is 5.97 Å². The SMILES string of the molecule is CCOC(=O)Cc1ncc(Cl)c(C#N)c1C(F)F. The number of alkyl halides is 2. The largest absolute Gasteiger partial charge is 0.466 e. The van der Waals surface area contributed by atoms with Crippen molar-refractivity contribution in [1.29, 1.82) is 5.26 Å². The lowest BCUT2D eigenvalue weighted by atomic mass is 10.1. The zero-order valence-electron chi connectivity index (χ0n) is 9.41. The van der Waals surface area contributed by atoms with Gasteiger partial charge < -0.3 is 4.74 Å². The summed E-state index contributed by atoms with van der Waals surface area (Å²) in [4.78, 5) is 14.9. The first-order valence-electron chi connectivity index (χ1n) is 5.02. The van der Waals surface area contributed by atoms with E-state index in [-0.39, 0.29) is 22.9 Å². The molecule has 0 N–H and O–H groups in total. The average molecular weight is 275 g/mol. The van der Waals surface area contributed by atoms with E-state index >= 15 is 0 Å². The molecule has 0 fully saturated rings. The van der Waals surface area contributed by atoms with E-state index in [1.165, 1.54) is 0 Å². The Morgan fingerprint density at radius 1 is 1.67 bits per heavy atom. The molecular formula is C11H9ClF2N2O2. The van der Waals surface area contributed by atoms with E-state index in [0.29, 0.717) is 0 Å². The van der Waals surface area contributed by atoms with E-state index in [9.17, 15) is 13.6 Å². The predicted molar refractivity (Wildman–Crippen MR) is 59.3 cm³/mol. The minimum absolute atomic E-state index is 0.140. The van der Waals surface area contributed by atoms with E-state index in [0.717, 1.165) is 6.20 Å². The third-order valence-corrected chi connectivity index (χ3v) is 2.39. The summed E-state index contributed by atoms with van der Waals surface area (Å²) in [5.74, 6) is -0.682. The number of aromatic nitrogens is 1. The molecule has 0 saturated carbocycles. The Hall–Kier alpha value is -1.74. The second-order valence-corrected chi connectivity index (χ2v) is 3.64. The van der Waals surface area contributed by atoms with Crippen LogP contribution in [0.5, 0.6) is 0 Å². The lowest BCUT2D eigenvalue weighted by molar-refractivity contribution is -0.142. The molecule has 0 aromatic carbocycles. The number of rotatable bonds is 4. The summed E-state index contributed by atoms with van der Waals surface area (Å²) in [6, 6.07) is 1.59. The Labute approximate surface area is 107 Å². The van der Waals surface area contributed by atoms with Crippen molar-refractivity contribution in [2.24, 2.45) is 0 Å². The van der Waals surface area contributed by atoms with E-state index in [1.54, 1.807) is 13.0 Å². The molecule has 0 bridgehead atoms. The standard InChI is InChI=1S/C11H9ClF2N2O2/c1-2-18-9(17)3-8-10(11(13)14)6(4-15)7(12)5-16-8/h5,11H,2-3H2,1H3. The third-order valence-electron chi connectivity index (χ3n) is 2.10. The minimum Gasteiger partial charge on any atom is -0.466 e. The Morgan fingerprint density at radius 2 is 2.33 bits per heavy atom. The van der Waals surface area contributed by atoms with Gasteiger partial charge in [0, 0.05) is 6.20 Å². The molecule has 0 atom stereocenters. The van der Waals surface area contributed by atoms with Gasteiger partial charge in [0.05, 0.1) is 34.9 Å². The topological polar surface area (TPSA) is 63.0 Å². The lowest BCUT2D eigenvalue weighted by Gasteiger charge is -2.10. The summed E-state index contributed by atoms with van der Waals surface area (Å²) >= 11 is 5.61. The van der Waals surface area contributed by atoms with Crippen molar-refractivity contribution in [2.75, 3.05) is 6.61 Å². The van der Waals surface area contributed by atoms with Crippen LogP contribution in [0, 0.1) is 11.3 Å². The number of nitriles is 1. The highest BCUT2D eigenvalue weighted by Gasteiger charge is 2.23. The molecule has 4 nitrogen and oxygen atoms in total. The molecular weight excluding hydrogens is 266 g/mol. The van der Waals surface area contributed by atoms with Gasteiger partial charge in [-0.3, -0.25) is 9.78 Å². The number of carbonyl (C=O) groups is 1. The predicted octanol–water partition coefficient (Wildman–Crippen LogP) is 2.65. The molecule has 0 spiro atoms. The first-order chi connectivity index (χ1) is 8.51. The summed E-state index contributed by atoms with van der Waals surface area (Å²) in [5.41, 5.74) is -1.16. The van der Waals surface area contributed by atoms with E-state index in [4.69, 9.17) is 16.9 Å². The van der Waals surface area contributed by atoms with Crippen LogP contribution in [0.1, 0.15) is 30.2 Å².